The highest BCUT2D eigenvalue weighted by atomic mass is 35.5. The fourth-order valence-corrected chi connectivity index (χ4v) is 5.30. The second-order valence-electron chi connectivity index (χ2n) is 6.99. The molecule has 0 amide bonds. The van der Waals surface area contributed by atoms with E-state index >= 15 is 0 Å². The average molecular weight is 445 g/mol. The molecule has 3 aromatic rings. The average Bonchev–Trinajstić information content (AvgIpc) is 2.75. The smallest absolute Gasteiger partial charge is 0.277 e. The first-order valence-electron chi connectivity index (χ1n) is 9.71. The number of fused-ring (bicyclic) bond motifs is 1. The summed E-state index contributed by atoms with van der Waals surface area (Å²) >= 11 is 0. The van der Waals surface area contributed by atoms with E-state index in [-0.39, 0.29) is 12.4 Å². The molecule has 1 aliphatic heterocycles. The van der Waals surface area contributed by atoms with Crippen LogP contribution in [0.5, 0.6) is 5.75 Å². The third kappa shape index (κ3) is 4.31. The van der Waals surface area contributed by atoms with Gasteiger partial charge in [-0.2, -0.15) is 0 Å². The van der Waals surface area contributed by atoms with Gasteiger partial charge in [-0.05, 0) is 55.4 Å². The Morgan fingerprint density at radius 2 is 1.60 bits per heavy atom. The summed E-state index contributed by atoms with van der Waals surface area (Å²) in [5, 5.41) is 3.06. The second-order valence-corrected chi connectivity index (χ2v) is 8.91. The van der Waals surface area contributed by atoms with Gasteiger partial charge in [0.05, 0.1) is 11.4 Å². The molecule has 1 heterocycles. The van der Waals surface area contributed by atoms with Crippen LogP contribution in [0, 0.1) is 0 Å². The van der Waals surface area contributed by atoms with Crippen molar-refractivity contribution in [3.05, 3.63) is 78.9 Å². The predicted octanol–water partition coefficient (Wildman–Crippen LogP) is 4.96. The predicted molar refractivity (Wildman–Crippen MR) is 124 cm³/mol. The molecular weight excluding hydrogens is 420 g/mol. The van der Waals surface area contributed by atoms with Gasteiger partial charge in [-0.25, -0.2) is 12.7 Å². The van der Waals surface area contributed by atoms with E-state index in [0.29, 0.717) is 30.0 Å². The third-order valence-electron chi connectivity index (χ3n) is 4.99. The number of ether oxygens (including phenoxy) is 1. The Morgan fingerprint density at radius 1 is 0.933 bits per heavy atom. The third-order valence-corrected chi connectivity index (χ3v) is 6.90. The van der Waals surface area contributed by atoms with Crippen molar-refractivity contribution in [3.8, 4) is 16.9 Å². The first-order chi connectivity index (χ1) is 14.1. The van der Waals surface area contributed by atoms with E-state index in [9.17, 15) is 8.42 Å². The zero-order chi connectivity index (χ0) is 20.3. The van der Waals surface area contributed by atoms with Crippen LogP contribution in [0.2, 0.25) is 0 Å². The van der Waals surface area contributed by atoms with Crippen LogP contribution in [-0.2, 0) is 10.0 Å². The van der Waals surface area contributed by atoms with Crippen molar-refractivity contribution in [3.63, 3.8) is 0 Å². The van der Waals surface area contributed by atoms with Crippen molar-refractivity contribution in [2.24, 2.45) is 0 Å². The van der Waals surface area contributed by atoms with Gasteiger partial charge in [-0.15, -0.1) is 12.4 Å². The zero-order valence-electron chi connectivity index (χ0n) is 16.7. The summed E-state index contributed by atoms with van der Waals surface area (Å²) in [5.74, 6) is 0.581. The number of nitrogens with zero attached hydrogens (tertiary/aromatic N) is 1. The van der Waals surface area contributed by atoms with E-state index < -0.39 is 15.5 Å². The number of halogens is 1. The molecule has 0 bridgehead atoms. The minimum Gasteiger partial charge on any atom is -0.470 e. The SMILES string of the molecule is CNCCCC1Oc2ccc(-c3ccccc3)cc2N(c2ccccc2)S1(=O)=O.Cl. The van der Waals surface area contributed by atoms with Gasteiger partial charge < -0.3 is 10.1 Å². The Hall–Kier alpha value is -2.54. The van der Waals surface area contributed by atoms with Crippen molar-refractivity contribution in [1.29, 1.82) is 0 Å². The lowest BCUT2D eigenvalue weighted by atomic mass is 10.0. The van der Waals surface area contributed by atoms with E-state index in [1.165, 1.54) is 4.31 Å². The monoisotopic (exact) mass is 444 g/mol. The van der Waals surface area contributed by atoms with E-state index in [1.54, 1.807) is 0 Å². The molecule has 3 aromatic carbocycles. The Labute approximate surface area is 184 Å². The van der Waals surface area contributed by atoms with Crippen LogP contribution in [0.15, 0.2) is 78.9 Å². The number of hydrogen-bond acceptors (Lipinski definition) is 4. The highest BCUT2D eigenvalue weighted by Crippen LogP contribution is 2.44. The summed E-state index contributed by atoms with van der Waals surface area (Å²) < 4.78 is 34.4. The number of hydrogen-bond donors (Lipinski definition) is 1. The molecule has 30 heavy (non-hydrogen) atoms. The van der Waals surface area contributed by atoms with E-state index in [0.717, 1.165) is 17.7 Å². The molecular formula is C23H25ClN2O3S. The Bertz CT molecular complexity index is 1080. The molecule has 1 atom stereocenters. The fourth-order valence-electron chi connectivity index (χ4n) is 3.55. The molecule has 4 rings (SSSR count). The van der Waals surface area contributed by atoms with Gasteiger partial charge in [0.25, 0.3) is 10.0 Å². The van der Waals surface area contributed by atoms with E-state index in [1.807, 2.05) is 85.9 Å². The van der Waals surface area contributed by atoms with Crippen molar-refractivity contribution in [1.82, 2.24) is 5.32 Å². The maximum atomic E-state index is 13.5. The minimum atomic E-state index is -3.73. The van der Waals surface area contributed by atoms with Gasteiger partial charge in [0.1, 0.15) is 5.75 Å². The van der Waals surface area contributed by atoms with Crippen molar-refractivity contribution >= 4 is 33.8 Å². The van der Waals surface area contributed by atoms with Crippen LogP contribution in [-0.4, -0.2) is 27.4 Å². The topological polar surface area (TPSA) is 58.6 Å². The lowest BCUT2D eigenvalue weighted by molar-refractivity contribution is 0.254. The van der Waals surface area contributed by atoms with Gasteiger partial charge in [0, 0.05) is 6.42 Å². The maximum absolute atomic E-state index is 13.5. The lowest BCUT2D eigenvalue weighted by Crippen LogP contribution is -2.43. The number of benzene rings is 3. The number of nitrogens with one attached hydrogen (secondary N) is 1. The van der Waals surface area contributed by atoms with Crippen molar-refractivity contribution < 1.29 is 13.2 Å². The van der Waals surface area contributed by atoms with Crippen LogP contribution in [0.1, 0.15) is 12.8 Å². The summed E-state index contributed by atoms with van der Waals surface area (Å²) in [5.41, 5.74) is 2.21. The van der Waals surface area contributed by atoms with Crippen molar-refractivity contribution in [2.45, 2.75) is 18.3 Å². The Balaban J connectivity index is 0.00000256. The summed E-state index contributed by atoms with van der Waals surface area (Å²) in [6.07, 6.45) is 1.13. The molecule has 0 radical (unpaired) electrons. The normalized spacial score (nSPS) is 16.8. The van der Waals surface area contributed by atoms with E-state index in [4.69, 9.17) is 4.74 Å². The van der Waals surface area contributed by atoms with Crippen LogP contribution in [0.3, 0.4) is 0 Å². The van der Waals surface area contributed by atoms with Crippen LogP contribution in [0.25, 0.3) is 11.1 Å². The molecule has 0 aliphatic carbocycles. The molecule has 0 saturated carbocycles. The maximum Gasteiger partial charge on any atom is 0.277 e. The Kier molecular flexibility index (Phi) is 7.02. The van der Waals surface area contributed by atoms with Crippen molar-refractivity contribution in [2.75, 3.05) is 17.9 Å². The second kappa shape index (κ2) is 9.51. The Morgan fingerprint density at radius 3 is 2.27 bits per heavy atom. The molecule has 0 saturated heterocycles. The molecule has 1 aliphatic rings. The highest BCUT2D eigenvalue weighted by molar-refractivity contribution is 7.93. The standard InChI is InChI=1S/C23H24N2O3S.ClH/c1-24-16-8-13-23-28-22-15-14-19(18-9-4-2-5-10-18)17-21(22)25(29(23,26)27)20-11-6-3-7-12-20;/h2-7,9-12,14-15,17,23-24H,8,13,16H2,1H3;1H. The quantitative estimate of drug-likeness (QED) is 0.546. The molecule has 0 spiro atoms. The fraction of sp³-hybridized carbons (Fsp3) is 0.217. The highest BCUT2D eigenvalue weighted by Gasteiger charge is 2.41. The summed E-state index contributed by atoms with van der Waals surface area (Å²) in [6, 6.07) is 24.8. The van der Waals surface area contributed by atoms with Gasteiger partial charge >= 0.3 is 0 Å². The summed E-state index contributed by atoms with van der Waals surface area (Å²) in [6.45, 7) is 0.737. The van der Waals surface area contributed by atoms with E-state index in [2.05, 4.69) is 5.32 Å². The molecule has 1 N–H and O–H groups in total. The summed E-state index contributed by atoms with van der Waals surface area (Å²) in [7, 11) is -1.87. The first kappa shape index (κ1) is 22.2. The molecule has 1 unspecified atom stereocenters. The van der Waals surface area contributed by atoms with Gasteiger partial charge in [0.2, 0.25) is 5.44 Å². The minimum absolute atomic E-state index is 0. The molecule has 7 heteroatoms. The zero-order valence-corrected chi connectivity index (χ0v) is 18.3. The molecule has 158 valence electrons. The molecule has 0 fully saturated rings. The lowest BCUT2D eigenvalue weighted by Gasteiger charge is -2.36. The molecule has 5 nitrogen and oxygen atoms in total. The first-order valence-corrected chi connectivity index (χ1v) is 11.2. The van der Waals surface area contributed by atoms with Crippen LogP contribution in [0.4, 0.5) is 11.4 Å². The number of rotatable bonds is 6. The largest absolute Gasteiger partial charge is 0.470 e. The summed E-state index contributed by atoms with van der Waals surface area (Å²) in [4.78, 5) is 0. The number of para-hydroxylation sites is 1. The van der Waals surface area contributed by atoms with Gasteiger partial charge in [0.15, 0.2) is 0 Å². The van der Waals surface area contributed by atoms with Gasteiger partial charge in [-0.1, -0.05) is 54.6 Å². The van der Waals surface area contributed by atoms with Crippen LogP contribution >= 0.6 is 12.4 Å². The molecule has 0 aromatic heterocycles. The van der Waals surface area contributed by atoms with Crippen LogP contribution < -0.4 is 14.4 Å². The number of sulfonamides is 1. The number of anilines is 2. The van der Waals surface area contributed by atoms with Gasteiger partial charge in [-0.3, -0.25) is 0 Å².